The van der Waals surface area contributed by atoms with E-state index in [2.05, 4.69) is 17.0 Å². The van der Waals surface area contributed by atoms with E-state index in [0.717, 1.165) is 6.42 Å². The van der Waals surface area contributed by atoms with Crippen LogP contribution in [0, 0.1) is 0 Å². The summed E-state index contributed by atoms with van der Waals surface area (Å²) in [5.74, 6) is -0.154. The summed E-state index contributed by atoms with van der Waals surface area (Å²) in [6, 6.07) is 9.90. The molecule has 0 radical (unpaired) electrons. The van der Waals surface area contributed by atoms with Crippen molar-refractivity contribution in [2.45, 2.75) is 12.8 Å². The molecule has 98 valence electrons. The highest BCUT2D eigenvalue weighted by molar-refractivity contribution is 7.80. The van der Waals surface area contributed by atoms with Gasteiger partial charge in [0.15, 0.2) is 0 Å². The minimum Gasteiger partial charge on any atom is -0.469 e. The first-order valence-corrected chi connectivity index (χ1v) is 6.05. The van der Waals surface area contributed by atoms with Gasteiger partial charge in [-0.3, -0.25) is 4.79 Å². The topological polar surface area (TPSA) is 38.8 Å². The predicted molar refractivity (Wildman–Crippen MR) is 72.6 cm³/mol. The van der Waals surface area contributed by atoms with Crippen molar-refractivity contribution >= 4 is 23.4 Å². The summed E-state index contributed by atoms with van der Waals surface area (Å²) in [5.41, 5.74) is 1.17. The third-order valence-corrected chi connectivity index (χ3v) is 2.92. The van der Waals surface area contributed by atoms with Gasteiger partial charge in [0.2, 0.25) is 0 Å². The SMILES string of the molecule is COC(=O)CCc1ccccc1.C[N+]1(C)OC1=S. The molecule has 1 saturated heterocycles. The van der Waals surface area contributed by atoms with Crippen molar-refractivity contribution in [1.82, 2.24) is 0 Å². The van der Waals surface area contributed by atoms with Crippen molar-refractivity contribution < 1.29 is 19.0 Å². The molecule has 1 aliphatic heterocycles. The number of carbonyl (C=O) groups is 1. The third-order valence-electron chi connectivity index (χ3n) is 2.40. The van der Waals surface area contributed by atoms with Gasteiger partial charge in [0.25, 0.3) is 0 Å². The molecule has 0 spiro atoms. The van der Waals surface area contributed by atoms with Crippen molar-refractivity contribution in [2.75, 3.05) is 21.2 Å². The van der Waals surface area contributed by atoms with Gasteiger partial charge in [0, 0.05) is 18.6 Å². The van der Waals surface area contributed by atoms with Crippen LogP contribution in [0.4, 0.5) is 0 Å². The average Bonchev–Trinajstić information content (AvgIpc) is 2.93. The minimum atomic E-state index is -0.154. The lowest BCUT2D eigenvalue weighted by Gasteiger charge is -1.98. The number of hydrogen-bond donors (Lipinski definition) is 0. The molecule has 5 heteroatoms. The number of thiocarbonyl (C=S) groups is 1. The smallest absolute Gasteiger partial charge is 0.457 e. The molecule has 2 rings (SSSR count). The van der Waals surface area contributed by atoms with Crippen LogP contribution in [-0.4, -0.2) is 37.0 Å². The Morgan fingerprint density at radius 3 is 2.22 bits per heavy atom. The quantitative estimate of drug-likeness (QED) is 0.364. The molecule has 1 aromatic carbocycles. The van der Waals surface area contributed by atoms with Gasteiger partial charge in [0.05, 0.1) is 7.11 Å². The van der Waals surface area contributed by atoms with E-state index in [9.17, 15) is 4.79 Å². The third kappa shape index (κ3) is 5.25. The zero-order valence-corrected chi connectivity index (χ0v) is 11.7. The zero-order chi connectivity index (χ0) is 13.6. The van der Waals surface area contributed by atoms with E-state index in [-0.39, 0.29) is 5.97 Å². The van der Waals surface area contributed by atoms with Crippen molar-refractivity contribution in [1.29, 1.82) is 0 Å². The van der Waals surface area contributed by atoms with Crippen LogP contribution in [0.2, 0.25) is 0 Å². The fraction of sp³-hybridized carbons (Fsp3) is 0.385. The Labute approximate surface area is 113 Å². The molecule has 0 N–H and O–H groups in total. The Balaban J connectivity index is 0.000000225. The Bertz CT molecular complexity index is 418. The maximum absolute atomic E-state index is 10.8. The fourth-order valence-corrected chi connectivity index (χ4v) is 1.35. The number of nitrogens with zero attached hydrogens (tertiary/aromatic N) is 1. The highest BCUT2D eigenvalue weighted by Gasteiger charge is 2.47. The van der Waals surface area contributed by atoms with E-state index in [1.54, 1.807) is 0 Å². The van der Waals surface area contributed by atoms with Gasteiger partial charge < -0.3 is 4.74 Å². The molecule has 4 nitrogen and oxygen atoms in total. The van der Waals surface area contributed by atoms with Crippen LogP contribution < -0.4 is 0 Å². The van der Waals surface area contributed by atoms with E-state index in [1.165, 1.54) is 12.7 Å². The number of hydroxylamine groups is 3. The molecule has 0 bridgehead atoms. The lowest BCUT2D eigenvalue weighted by Crippen LogP contribution is -2.10. The summed E-state index contributed by atoms with van der Waals surface area (Å²) in [6.07, 6.45) is 1.22. The predicted octanol–water partition coefficient (Wildman–Crippen LogP) is 2.09. The summed E-state index contributed by atoms with van der Waals surface area (Å²) >= 11 is 4.63. The summed E-state index contributed by atoms with van der Waals surface area (Å²) in [7, 11) is 5.19. The molecular weight excluding hydrogens is 250 g/mol. The monoisotopic (exact) mass is 268 g/mol. The number of rotatable bonds is 3. The van der Waals surface area contributed by atoms with Crippen LogP contribution in [0.15, 0.2) is 30.3 Å². The zero-order valence-electron chi connectivity index (χ0n) is 10.9. The second-order valence-electron chi connectivity index (χ2n) is 4.27. The lowest BCUT2D eigenvalue weighted by atomic mass is 10.1. The molecule has 0 aliphatic carbocycles. The number of ether oxygens (including phenoxy) is 1. The van der Waals surface area contributed by atoms with Crippen molar-refractivity contribution in [3.05, 3.63) is 35.9 Å². The standard InChI is InChI=1S/C10H12O2.C3H6NOS/c1-12-10(11)8-7-9-5-3-2-4-6-9;1-4(2)3(6)5-4/h2-6H,7-8H2,1H3;1-2H3/q;+1. The summed E-state index contributed by atoms with van der Waals surface area (Å²) < 4.78 is 5.00. The molecule has 1 aliphatic rings. The number of aryl methyl sites for hydroxylation is 1. The number of carbonyl (C=O) groups excluding carboxylic acids is 1. The van der Waals surface area contributed by atoms with E-state index >= 15 is 0 Å². The number of esters is 1. The van der Waals surface area contributed by atoms with Gasteiger partial charge in [-0.1, -0.05) is 35.0 Å². The number of methoxy groups -OCH3 is 1. The number of benzene rings is 1. The van der Waals surface area contributed by atoms with E-state index in [4.69, 9.17) is 4.84 Å². The highest BCUT2D eigenvalue weighted by atomic mass is 32.1. The normalized spacial score (nSPS) is 14.9. The van der Waals surface area contributed by atoms with Crippen LogP contribution >= 0.6 is 12.2 Å². The minimum absolute atomic E-state index is 0.154. The van der Waals surface area contributed by atoms with Gasteiger partial charge in [-0.15, -0.1) is 0 Å². The van der Waals surface area contributed by atoms with E-state index in [0.29, 0.717) is 16.2 Å². The largest absolute Gasteiger partial charge is 0.469 e. The summed E-state index contributed by atoms with van der Waals surface area (Å²) in [5, 5.41) is 0.676. The van der Waals surface area contributed by atoms with Crippen LogP contribution in [0.3, 0.4) is 0 Å². The van der Waals surface area contributed by atoms with Gasteiger partial charge in [-0.25, -0.2) is 4.84 Å². The average molecular weight is 268 g/mol. The van der Waals surface area contributed by atoms with Gasteiger partial charge >= 0.3 is 11.1 Å². The second kappa shape index (κ2) is 6.47. The molecule has 1 aromatic rings. The Kier molecular flexibility index (Phi) is 5.25. The van der Waals surface area contributed by atoms with Gasteiger partial charge in [-0.2, -0.15) is 0 Å². The van der Waals surface area contributed by atoms with E-state index < -0.39 is 0 Å². The second-order valence-corrected chi connectivity index (χ2v) is 4.62. The summed E-state index contributed by atoms with van der Waals surface area (Å²) in [4.78, 5) is 15.5. The molecule has 0 atom stereocenters. The Morgan fingerprint density at radius 2 is 1.83 bits per heavy atom. The molecule has 18 heavy (non-hydrogen) atoms. The van der Waals surface area contributed by atoms with Crippen molar-refractivity contribution in [2.24, 2.45) is 0 Å². The van der Waals surface area contributed by atoms with Crippen LogP contribution in [0.1, 0.15) is 12.0 Å². The Hall–Kier alpha value is -1.46. The highest BCUT2D eigenvalue weighted by Crippen LogP contribution is 2.18. The van der Waals surface area contributed by atoms with E-state index in [1.807, 2.05) is 44.4 Å². The number of hydrogen-bond acceptors (Lipinski definition) is 4. The molecule has 0 aromatic heterocycles. The summed E-state index contributed by atoms with van der Waals surface area (Å²) in [6.45, 7) is 0. The fourth-order valence-electron chi connectivity index (χ4n) is 1.17. The maximum atomic E-state index is 10.8. The van der Waals surface area contributed by atoms with Crippen LogP contribution in [0.25, 0.3) is 0 Å². The first kappa shape index (κ1) is 14.6. The lowest BCUT2D eigenvalue weighted by molar-refractivity contribution is -0.854. The van der Waals surface area contributed by atoms with Gasteiger partial charge in [0.1, 0.15) is 14.1 Å². The molecule has 1 fully saturated rings. The first-order chi connectivity index (χ1) is 8.45. The Morgan fingerprint density at radius 1 is 1.33 bits per heavy atom. The van der Waals surface area contributed by atoms with Crippen LogP contribution in [0.5, 0.6) is 0 Å². The molecular formula is C13H18NO3S+. The van der Waals surface area contributed by atoms with Crippen molar-refractivity contribution in [3.63, 3.8) is 0 Å². The van der Waals surface area contributed by atoms with Crippen LogP contribution in [-0.2, 0) is 20.8 Å². The molecule has 0 amide bonds. The van der Waals surface area contributed by atoms with Gasteiger partial charge in [-0.05, 0) is 12.0 Å². The first-order valence-electron chi connectivity index (χ1n) is 5.64. The molecule has 1 heterocycles. The molecule has 0 unspecified atom stereocenters. The maximum Gasteiger partial charge on any atom is 0.457 e. The molecule has 0 saturated carbocycles. The van der Waals surface area contributed by atoms with Crippen molar-refractivity contribution in [3.8, 4) is 0 Å². The number of quaternary nitrogens is 1.